The molecule has 28 heavy (non-hydrogen) atoms. The Hall–Kier alpha value is -2.76. The first kappa shape index (κ1) is 17.3. The van der Waals surface area contributed by atoms with Crippen LogP contribution in [0.4, 0.5) is 4.39 Å². The van der Waals surface area contributed by atoms with Gasteiger partial charge in [0, 0.05) is 25.2 Å². The second-order valence-electron chi connectivity index (χ2n) is 7.98. The fraction of sp³-hybridized carbons (Fsp3) is 0.409. The van der Waals surface area contributed by atoms with E-state index in [4.69, 9.17) is 4.98 Å². The lowest BCUT2D eigenvalue weighted by Gasteiger charge is -2.26. The number of nitrogens with zero attached hydrogens (tertiary/aromatic N) is 4. The molecule has 1 saturated heterocycles. The van der Waals surface area contributed by atoms with Gasteiger partial charge in [0.15, 0.2) is 5.65 Å². The van der Waals surface area contributed by atoms with Gasteiger partial charge in [-0.15, -0.1) is 0 Å². The predicted octanol–water partition coefficient (Wildman–Crippen LogP) is 4.27. The van der Waals surface area contributed by atoms with Crippen molar-refractivity contribution in [1.29, 1.82) is 0 Å². The summed E-state index contributed by atoms with van der Waals surface area (Å²) in [5.41, 5.74) is 4.29. The number of aryl methyl sites for hydroxylation is 2. The maximum absolute atomic E-state index is 13.7. The van der Waals surface area contributed by atoms with Crippen molar-refractivity contribution >= 4 is 16.9 Å². The summed E-state index contributed by atoms with van der Waals surface area (Å²) in [5.74, 6) is 0.227. The van der Waals surface area contributed by atoms with E-state index in [1.165, 1.54) is 12.1 Å². The second-order valence-corrected chi connectivity index (χ2v) is 7.98. The number of halogens is 1. The van der Waals surface area contributed by atoms with E-state index in [1.54, 1.807) is 16.8 Å². The molecule has 2 aliphatic rings. The summed E-state index contributed by atoms with van der Waals surface area (Å²) in [6.45, 7) is 2.64. The van der Waals surface area contributed by atoms with Crippen LogP contribution in [-0.2, 0) is 7.05 Å². The van der Waals surface area contributed by atoms with Crippen LogP contribution in [0.1, 0.15) is 65.0 Å². The molecule has 1 unspecified atom stereocenters. The topological polar surface area (TPSA) is 51.0 Å². The summed E-state index contributed by atoms with van der Waals surface area (Å²) in [7, 11) is 1.88. The normalized spacial score (nSPS) is 19.5. The highest BCUT2D eigenvalue weighted by atomic mass is 19.1. The van der Waals surface area contributed by atoms with Crippen LogP contribution < -0.4 is 0 Å². The highest BCUT2D eigenvalue weighted by Crippen LogP contribution is 2.41. The Morgan fingerprint density at radius 2 is 1.93 bits per heavy atom. The molecule has 6 heteroatoms. The molecule has 5 rings (SSSR count). The van der Waals surface area contributed by atoms with Gasteiger partial charge in [-0.05, 0) is 56.4 Å². The third-order valence-electron chi connectivity index (χ3n) is 5.98. The van der Waals surface area contributed by atoms with Gasteiger partial charge in [-0.3, -0.25) is 9.48 Å². The van der Waals surface area contributed by atoms with Crippen molar-refractivity contribution in [1.82, 2.24) is 19.7 Å². The molecule has 1 aliphatic carbocycles. The van der Waals surface area contributed by atoms with E-state index in [-0.39, 0.29) is 17.8 Å². The predicted molar refractivity (Wildman–Crippen MR) is 105 cm³/mol. The van der Waals surface area contributed by atoms with Crippen LogP contribution in [0.3, 0.4) is 0 Å². The van der Waals surface area contributed by atoms with Gasteiger partial charge < -0.3 is 4.90 Å². The minimum Gasteiger partial charge on any atom is -0.332 e. The highest BCUT2D eigenvalue weighted by Gasteiger charge is 2.34. The van der Waals surface area contributed by atoms with Crippen molar-refractivity contribution in [2.24, 2.45) is 7.05 Å². The van der Waals surface area contributed by atoms with Gasteiger partial charge >= 0.3 is 0 Å². The standard InChI is InChI=1S/C22H23FN4O/c1-13-20-17(12-18(14-5-6-14)24-21(20)26(2)25-13)22(28)27-11-3-4-19(27)15-7-9-16(23)10-8-15/h7-10,12,14,19H,3-6,11H2,1-2H3. The molecule has 1 aromatic carbocycles. The van der Waals surface area contributed by atoms with Gasteiger partial charge in [-0.25, -0.2) is 9.37 Å². The number of hydrogen-bond donors (Lipinski definition) is 0. The molecule has 5 nitrogen and oxygen atoms in total. The zero-order valence-electron chi connectivity index (χ0n) is 16.2. The summed E-state index contributed by atoms with van der Waals surface area (Å²) < 4.78 is 15.1. The smallest absolute Gasteiger partial charge is 0.255 e. The number of likely N-dealkylation sites (tertiary alicyclic amines) is 1. The summed E-state index contributed by atoms with van der Waals surface area (Å²) in [6, 6.07) is 8.49. The molecular formula is C22H23FN4O. The van der Waals surface area contributed by atoms with Gasteiger partial charge in [0.25, 0.3) is 5.91 Å². The summed E-state index contributed by atoms with van der Waals surface area (Å²) >= 11 is 0. The van der Waals surface area contributed by atoms with E-state index in [0.717, 1.165) is 53.7 Å². The van der Waals surface area contributed by atoms with Crippen LogP contribution in [0.2, 0.25) is 0 Å². The molecule has 1 amide bonds. The molecular weight excluding hydrogens is 355 g/mol. The van der Waals surface area contributed by atoms with Crippen LogP contribution in [0, 0.1) is 12.7 Å². The summed E-state index contributed by atoms with van der Waals surface area (Å²) in [4.78, 5) is 20.4. The molecule has 0 N–H and O–H groups in total. The maximum atomic E-state index is 13.7. The van der Waals surface area contributed by atoms with Crippen molar-refractivity contribution in [3.8, 4) is 0 Å². The summed E-state index contributed by atoms with van der Waals surface area (Å²) in [5, 5.41) is 5.36. The zero-order valence-corrected chi connectivity index (χ0v) is 16.2. The molecule has 0 radical (unpaired) electrons. The number of aromatic nitrogens is 3. The monoisotopic (exact) mass is 378 g/mol. The minimum absolute atomic E-state index is 0.0160. The Morgan fingerprint density at radius 1 is 1.18 bits per heavy atom. The van der Waals surface area contributed by atoms with E-state index in [9.17, 15) is 9.18 Å². The average molecular weight is 378 g/mol. The largest absolute Gasteiger partial charge is 0.332 e. The number of benzene rings is 1. The van der Waals surface area contributed by atoms with Gasteiger partial charge in [0.05, 0.1) is 22.7 Å². The lowest BCUT2D eigenvalue weighted by atomic mass is 10.0. The molecule has 3 aromatic rings. The molecule has 1 saturated carbocycles. The summed E-state index contributed by atoms with van der Waals surface area (Å²) in [6.07, 6.45) is 4.10. The Labute approximate surface area is 163 Å². The van der Waals surface area contributed by atoms with Gasteiger partial charge in [-0.1, -0.05) is 12.1 Å². The van der Waals surface area contributed by atoms with Gasteiger partial charge in [0.2, 0.25) is 0 Å². The molecule has 144 valence electrons. The fourth-order valence-corrected chi connectivity index (χ4v) is 4.42. The van der Waals surface area contributed by atoms with Crippen LogP contribution in [-0.4, -0.2) is 32.1 Å². The molecule has 2 aromatic heterocycles. The second kappa shape index (κ2) is 6.40. The molecule has 0 spiro atoms. The number of amides is 1. The number of rotatable bonds is 3. The Morgan fingerprint density at radius 3 is 2.64 bits per heavy atom. The van der Waals surface area contributed by atoms with Crippen LogP contribution in [0.5, 0.6) is 0 Å². The first-order valence-electron chi connectivity index (χ1n) is 9.93. The van der Waals surface area contributed by atoms with Crippen LogP contribution >= 0.6 is 0 Å². The van der Waals surface area contributed by atoms with Crippen LogP contribution in [0.15, 0.2) is 30.3 Å². The lowest BCUT2D eigenvalue weighted by molar-refractivity contribution is 0.0737. The Kier molecular flexibility index (Phi) is 3.96. The highest BCUT2D eigenvalue weighted by molar-refractivity contribution is 6.06. The number of carbonyl (C=O) groups is 1. The number of hydrogen-bond acceptors (Lipinski definition) is 3. The van der Waals surface area contributed by atoms with E-state index in [2.05, 4.69) is 5.10 Å². The Balaban J connectivity index is 1.59. The SMILES string of the molecule is Cc1nn(C)c2nc(C3CC3)cc(C(=O)N3CCCC3c3ccc(F)cc3)c12. The van der Waals surface area contributed by atoms with Crippen LogP contribution in [0.25, 0.3) is 11.0 Å². The van der Waals surface area contributed by atoms with Crippen molar-refractivity contribution in [3.05, 3.63) is 58.7 Å². The third kappa shape index (κ3) is 2.79. The lowest BCUT2D eigenvalue weighted by Crippen LogP contribution is -2.31. The molecule has 1 atom stereocenters. The van der Waals surface area contributed by atoms with Crippen molar-refractivity contribution in [3.63, 3.8) is 0 Å². The van der Waals surface area contributed by atoms with E-state index < -0.39 is 0 Å². The first-order chi connectivity index (χ1) is 13.5. The van der Waals surface area contributed by atoms with Gasteiger partial charge in [0.1, 0.15) is 5.82 Å². The molecule has 0 bridgehead atoms. The maximum Gasteiger partial charge on any atom is 0.255 e. The fourth-order valence-electron chi connectivity index (χ4n) is 4.42. The molecule has 2 fully saturated rings. The Bertz CT molecular complexity index is 1070. The van der Waals surface area contributed by atoms with E-state index in [1.807, 2.05) is 24.9 Å². The number of carbonyl (C=O) groups excluding carboxylic acids is 1. The number of pyridine rings is 1. The molecule has 3 heterocycles. The number of fused-ring (bicyclic) bond motifs is 1. The van der Waals surface area contributed by atoms with E-state index in [0.29, 0.717) is 18.0 Å². The van der Waals surface area contributed by atoms with E-state index >= 15 is 0 Å². The first-order valence-corrected chi connectivity index (χ1v) is 9.93. The quantitative estimate of drug-likeness (QED) is 0.684. The van der Waals surface area contributed by atoms with Gasteiger partial charge in [-0.2, -0.15) is 5.10 Å². The minimum atomic E-state index is -0.254. The third-order valence-corrected chi connectivity index (χ3v) is 5.98. The average Bonchev–Trinajstić information content (AvgIpc) is 3.36. The van der Waals surface area contributed by atoms with Crippen molar-refractivity contribution < 1.29 is 9.18 Å². The molecule has 1 aliphatic heterocycles. The zero-order chi connectivity index (χ0) is 19.4. The van der Waals surface area contributed by atoms with Crippen molar-refractivity contribution in [2.75, 3.05) is 6.54 Å². The van der Waals surface area contributed by atoms with Crippen molar-refractivity contribution in [2.45, 2.75) is 44.6 Å².